The highest BCUT2D eigenvalue weighted by molar-refractivity contribution is 6.64. The number of ketones is 2. The predicted molar refractivity (Wildman–Crippen MR) is 265 cm³/mol. The van der Waals surface area contributed by atoms with Crippen LogP contribution in [0.5, 0.6) is 11.5 Å². The Morgan fingerprint density at radius 2 is 1.04 bits per heavy atom. The van der Waals surface area contributed by atoms with Gasteiger partial charge in [0, 0.05) is 87.1 Å². The number of halogens is 3. The van der Waals surface area contributed by atoms with Crippen molar-refractivity contribution < 1.29 is 38.1 Å². The molecule has 360 valence electrons. The van der Waals surface area contributed by atoms with Crippen LogP contribution in [0.4, 0.5) is 0 Å². The third-order valence-corrected chi connectivity index (χ3v) is 14.3. The molecule has 8 rings (SSSR count). The maximum absolute atomic E-state index is 13.2. The van der Waals surface area contributed by atoms with Crippen LogP contribution in [-0.2, 0) is 41.5 Å². The number of Topliss-reactive ketones (excluding diaryl/α,β-unsaturated/α-hetero) is 2. The Morgan fingerprint density at radius 1 is 0.597 bits per heavy atom. The average Bonchev–Trinajstić information content (AvgIpc) is 3.36. The SMILES string of the molecule is COc1ccc(C2CCN(C(=O)C3CCOCC3)C[C@H]2CC(=O)Cc2ccc(Cl)cc2)cc1.COc1ccc(C2CCNC[C@H]2CC(=O)Cc2ccc(Cl)cc2)cc1.O=C(Cl)C1CCOCC1. The summed E-state index contributed by atoms with van der Waals surface area (Å²) < 4.78 is 21.0. The van der Waals surface area contributed by atoms with E-state index < -0.39 is 0 Å². The van der Waals surface area contributed by atoms with Crippen LogP contribution in [0.2, 0.25) is 10.0 Å². The van der Waals surface area contributed by atoms with Gasteiger partial charge in [0.25, 0.3) is 0 Å². The van der Waals surface area contributed by atoms with Crippen molar-refractivity contribution in [2.45, 2.75) is 76.0 Å². The van der Waals surface area contributed by atoms with Crippen LogP contribution in [0.25, 0.3) is 0 Å². The Labute approximate surface area is 411 Å². The van der Waals surface area contributed by atoms with E-state index in [0.29, 0.717) is 80.5 Å². The van der Waals surface area contributed by atoms with Crippen molar-refractivity contribution >= 4 is 57.5 Å². The summed E-state index contributed by atoms with van der Waals surface area (Å²) in [6.07, 6.45) is 7.01. The molecule has 4 fully saturated rings. The zero-order valence-corrected chi connectivity index (χ0v) is 41.0. The molecule has 0 bridgehead atoms. The molecular weight excluding hydrogens is 911 g/mol. The topological polar surface area (TPSA) is 120 Å². The van der Waals surface area contributed by atoms with Crippen LogP contribution < -0.4 is 14.8 Å². The highest BCUT2D eigenvalue weighted by atomic mass is 35.5. The Kier molecular flexibility index (Phi) is 21.0. The van der Waals surface area contributed by atoms with Gasteiger partial charge in [-0.2, -0.15) is 0 Å². The molecule has 0 radical (unpaired) electrons. The lowest BCUT2D eigenvalue weighted by Crippen LogP contribution is -2.47. The van der Waals surface area contributed by atoms with Crippen LogP contribution in [0.1, 0.15) is 85.5 Å². The average molecular weight is 976 g/mol. The van der Waals surface area contributed by atoms with E-state index in [2.05, 4.69) is 29.6 Å². The van der Waals surface area contributed by atoms with Gasteiger partial charge >= 0.3 is 0 Å². The Hall–Kier alpha value is -4.29. The summed E-state index contributed by atoms with van der Waals surface area (Å²) in [7, 11) is 3.34. The minimum Gasteiger partial charge on any atom is -0.497 e. The number of nitrogens with one attached hydrogen (secondary N) is 1. The number of piperidine rings is 2. The number of amides is 1. The smallest absolute Gasteiger partial charge is 0.225 e. The van der Waals surface area contributed by atoms with E-state index in [1.807, 2.05) is 77.7 Å². The third-order valence-electron chi connectivity index (χ3n) is 13.5. The maximum atomic E-state index is 13.2. The van der Waals surface area contributed by atoms with Crippen LogP contribution in [0.15, 0.2) is 97.1 Å². The molecule has 2 unspecified atom stereocenters. The van der Waals surface area contributed by atoms with E-state index in [1.165, 1.54) is 11.1 Å². The van der Waals surface area contributed by atoms with Crippen molar-refractivity contribution in [1.29, 1.82) is 0 Å². The van der Waals surface area contributed by atoms with Crippen molar-refractivity contribution in [1.82, 2.24) is 10.2 Å². The van der Waals surface area contributed by atoms with Gasteiger partial charge in [-0.15, -0.1) is 0 Å². The second-order valence-electron chi connectivity index (χ2n) is 18.0. The summed E-state index contributed by atoms with van der Waals surface area (Å²) in [6, 6.07) is 31.4. The van der Waals surface area contributed by atoms with Gasteiger partial charge in [-0.1, -0.05) is 71.7 Å². The molecule has 0 saturated carbocycles. The van der Waals surface area contributed by atoms with Crippen molar-refractivity contribution in [3.63, 3.8) is 0 Å². The number of rotatable bonds is 14. The highest BCUT2D eigenvalue weighted by Gasteiger charge is 2.36. The molecule has 4 aromatic rings. The molecule has 4 aromatic carbocycles. The number of methoxy groups -OCH3 is 2. The number of benzene rings is 4. The fourth-order valence-electron chi connectivity index (χ4n) is 9.67. The first-order valence-electron chi connectivity index (χ1n) is 23.6. The minimum absolute atomic E-state index is 0.0432. The molecule has 0 aliphatic carbocycles. The molecular formula is C54H65Cl3N2O8. The van der Waals surface area contributed by atoms with Crippen molar-refractivity contribution in [2.75, 3.05) is 66.8 Å². The van der Waals surface area contributed by atoms with Gasteiger partial charge in [-0.25, -0.2) is 0 Å². The predicted octanol–water partition coefficient (Wildman–Crippen LogP) is 10.3. The summed E-state index contributed by atoms with van der Waals surface area (Å²) in [5, 5.41) is 4.60. The molecule has 4 aliphatic rings. The summed E-state index contributed by atoms with van der Waals surface area (Å²) in [4.78, 5) is 51.3. The third kappa shape index (κ3) is 16.4. The monoisotopic (exact) mass is 974 g/mol. The number of carbonyl (C=O) groups is 4. The molecule has 67 heavy (non-hydrogen) atoms. The van der Waals surface area contributed by atoms with Gasteiger partial charge in [0.2, 0.25) is 11.1 Å². The molecule has 1 amide bonds. The lowest BCUT2D eigenvalue weighted by molar-refractivity contribution is -0.141. The summed E-state index contributed by atoms with van der Waals surface area (Å²) in [6.45, 7) is 5.92. The van der Waals surface area contributed by atoms with Crippen molar-refractivity contribution in [2.24, 2.45) is 23.7 Å². The Morgan fingerprint density at radius 3 is 1.49 bits per heavy atom. The van der Waals surface area contributed by atoms with Crippen LogP contribution in [0, 0.1) is 23.7 Å². The minimum atomic E-state index is -0.210. The van der Waals surface area contributed by atoms with E-state index >= 15 is 0 Å². The zero-order chi connectivity index (χ0) is 47.5. The van der Waals surface area contributed by atoms with Gasteiger partial charge in [0.1, 0.15) is 23.1 Å². The first-order chi connectivity index (χ1) is 32.5. The van der Waals surface area contributed by atoms with Gasteiger partial charge in [-0.3, -0.25) is 19.2 Å². The number of hydrogen-bond acceptors (Lipinski definition) is 9. The number of nitrogens with zero attached hydrogens (tertiary/aromatic N) is 1. The van der Waals surface area contributed by atoms with Gasteiger partial charge < -0.3 is 29.2 Å². The molecule has 4 heterocycles. The fourth-order valence-corrected chi connectivity index (χ4v) is 10.1. The first-order valence-corrected chi connectivity index (χ1v) is 24.8. The molecule has 0 aromatic heterocycles. The van der Waals surface area contributed by atoms with E-state index in [4.69, 9.17) is 53.8 Å². The second kappa shape index (κ2) is 27.0. The second-order valence-corrected chi connectivity index (χ2v) is 19.3. The molecule has 13 heteroatoms. The maximum Gasteiger partial charge on any atom is 0.225 e. The highest BCUT2D eigenvalue weighted by Crippen LogP contribution is 2.38. The van der Waals surface area contributed by atoms with E-state index in [-0.39, 0.29) is 46.4 Å². The number of hydrogen-bond donors (Lipinski definition) is 1. The van der Waals surface area contributed by atoms with Crippen LogP contribution >= 0.6 is 34.8 Å². The van der Waals surface area contributed by atoms with Gasteiger partial charge in [0.05, 0.1) is 14.2 Å². The summed E-state index contributed by atoms with van der Waals surface area (Å²) >= 11 is 17.2. The van der Waals surface area contributed by atoms with Gasteiger partial charge in [-0.05, 0) is 158 Å². The molecule has 1 N–H and O–H groups in total. The van der Waals surface area contributed by atoms with E-state index in [0.717, 1.165) is 80.8 Å². The van der Waals surface area contributed by atoms with E-state index in [9.17, 15) is 19.2 Å². The standard InChI is InChI=1S/C27H32ClNO4.C21H24ClNO2.C6H9ClO2/c1-32-25-8-4-20(5-9-25)26-10-13-29(27(31)21-11-14-33-15-12-21)18-22(26)17-24(30)16-19-2-6-23(28)7-3-19;1-25-20-8-4-16(5-9-20)21-10-11-23-14-17(21)13-19(24)12-15-2-6-18(22)7-3-15;7-6(8)5-1-3-9-4-2-5/h2-9,21-22,26H,10-18H2,1H3;2-9,17,21,23H,10-14H2,1H3;5H,1-4H2/t22-,26?;17-,21?;/m11./s1. The Balaban J connectivity index is 0.000000191. The van der Waals surface area contributed by atoms with Crippen molar-refractivity contribution in [3.8, 4) is 11.5 Å². The lowest BCUT2D eigenvalue weighted by atomic mass is 9.77. The number of ether oxygens (including phenoxy) is 4. The van der Waals surface area contributed by atoms with Gasteiger partial charge in [0.15, 0.2) is 0 Å². The molecule has 4 aliphatic heterocycles. The first kappa shape index (κ1) is 52.1. The Bertz CT molecular complexity index is 2160. The van der Waals surface area contributed by atoms with Crippen LogP contribution in [-0.4, -0.2) is 94.4 Å². The normalized spacial score (nSPS) is 21.1. The lowest BCUT2D eigenvalue weighted by Gasteiger charge is -2.40. The molecule has 10 nitrogen and oxygen atoms in total. The molecule has 4 atom stereocenters. The summed E-state index contributed by atoms with van der Waals surface area (Å²) in [5.41, 5.74) is 4.50. The summed E-state index contributed by atoms with van der Waals surface area (Å²) in [5.74, 6) is 3.58. The zero-order valence-electron chi connectivity index (χ0n) is 38.8. The van der Waals surface area contributed by atoms with Crippen molar-refractivity contribution in [3.05, 3.63) is 129 Å². The van der Waals surface area contributed by atoms with E-state index in [1.54, 1.807) is 14.2 Å². The van der Waals surface area contributed by atoms with Crippen LogP contribution in [0.3, 0.4) is 0 Å². The fraction of sp³-hybridized carbons (Fsp3) is 0.481. The largest absolute Gasteiger partial charge is 0.497 e. The quantitative estimate of drug-likeness (QED) is 0.123. The molecule has 4 saturated heterocycles. The molecule has 0 spiro atoms. The number of carbonyl (C=O) groups excluding carboxylic acids is 4. The number of likely N-dealkylation sites (tertiary alicyclic amines) is 1.